The monoisotopic (exact) mass is 663 g/mol. The molecule has 0 unspecified atom stereocenters. The van der Waals surface area contributed by atoms with Crippen molar-refractivity contribution in [1.82, 2.24) is 4.90 Å². The van der Waals surface area contributed by atoms with E-state index in [0.717, 1.165) is 57.4 Å². The number of hydrogen-bond acceptors (Lipinski definition) is 6. The molecule has 0 aromatic heterocycles. The summed E-state index contributed by atoms with van der Waals surface area (Å²) in [6, 6.07) is 12.3. The van der Waals surface area contributed by atoms with Gasteiger partial charge in [-0.25, -0.2) is 0 Å². The van der Waals surface area contributed by atoms with Crippen LogP contribution in [0.3, 0.4) is 0 Å². The van der Waals surface area contributed by atoms with Crippen molar-refractivity contribution >= 4 is 27.5 Å². The Kier molecular flexibility index (Phi) is 9.48. The molecule has 0 bridgehead atoms. The van der Waals surface area contributed by atoms with Gasteiger partial charge in [-0.1, -0.05) is 57.5 Å². The summed E-state index contributed by atoms with van der Waals surface area (Å²) in [4.78, 5) is 30.6. The third-order valence-corrected chi connectivity index (χ3v) is 9.47. The van der Waals surface area contributed by atoms with Gasteiger partial charge in [0.05, 0.1) is 11.1 Å². The number of hydrogen-bond donors (Lipinski definition) is 0. The second-order valence-corrected chi connectivity index (χ2v) is 14.9. The van der Waals surface area contributed by atoms with Gasteiger partial charge in [0.1, 0.15) is 6.61 Å². The molecule has 236 valence electrons. The Bertz CT molecular complexity index is 1460. The van der Waals surface area contributed by atoms with Crippen LogP contribution in [-0.2, 0) is 20.9 Å². The van der Waals surface area contributed by atoms with Crippen LogP contribution >= 0.6 is 15.9 Å². The number of benzene rings is 2. The molecule has 0 spiro atoms. The zero-order valence-electron chi connectivity index (χ0n) is 27.3. The number of Topliss-reactive ketones (excluding diaryl/α,β-unsaturated/α-hetero) is 2. The van der Waals surface area contributed by atoms with Gasteiger partial charge < -0.3 is 19.1 Å². The molecule has 7 heteroatoms. The van der Waals surface area contributed by atoms with Gasteiger partial charge >= 0.3 is 0 Å². The molecular formula is C37H46BrNO5. The number of nitrogens with zero attached hydrogens (tertiary/aromatic N) is 1. The summed E-state index contributed by atoms with van der Waals surface area (Å²) in [7, 11) is 1.71. The maximum absolute atomic E-state index is 14.2. The average Bonchev–Trinajstić information content (AvgIpc) is 2.92. The summed E-state index contributed by atoms with van der Waals surface area (Å²) >= 11 is 3.79. The summed E-state index contributed by atoms with van der Waals surface area (Å²) in [5.74, 6) is 1.01. The normalized spacial score (nSPS) is 19.7. The first-order valence-corrected chi connectivity index (χ1v) is 16.6. The number of carbonyl (C=O) groups excluding carboxylic acids is 2. The summed E-state index contributed by atoms with van der Waals surface area (Å²) < 4.78 is 18.6. The van der Waals surface area contributed by atoms with Crippen molar-refractivity contribution in [2.45, 2.75) is 86.2 Å². The van der Waals surface area contributed by atoms with E-state index in [4.69, 9.17) is 14.2 Å². The van der Waals surface area contributed by atoms with Crippen LogP contribution < -0.4 is 9.47 Å². The molecule has 2 aromatic carbocycles. The van der Waals surface area contributed by atoms with E-state index in [9.17, 15) is 9.59 Å². The number of ketones is 2. The van der Waals surface area contributed by atoms with Crippen molar-refractivity contribution in [3.05, 3.63) is 80.1 Å². The fourth-order valence-electron chi connectivity index (χ4n) is 7.13. The first-order valence-electron chi connectivity index (χ1n) is 15.8. The first-order chi connectivity index (χ1) is 20.8. The highest BCUT2D eigenvalue weighted by molar-refractivity contribution is 9.10. The predicted octanol–water partition coefficient (Wildman–Crippen LogP) is 8.46. The topological polar surface area (TPSA) is 65.1 Å². The van der Waals surface area contributed by atoms with E-state index in [1.165, 1.54) is 5.56 Å². The van der Waals surface area contributed by atoms with E-state index < -0.39 is 5.92 Å². The zero-order valence-corrected chi connectivity index (χ0v) is 28.9. The van der Waals surface area contributed by atoms with Crippen LogP contribution in [0.25, 0.3) is 0 Å². The molecule has 2 aliphatic carbocycles. The number of allylic oxidation sites excluding steroid dienone is 4. The summed E-state index contributed by atoms with van der Waals surface area (Å²) in [6.07, 6.45) is 3.27. The fraction of sp³-hybridized carbons (Fsp3) is 0.514. The standard InChI is InChI=1S/C37H46BrNO5/c1-8-43-31-17-25(16-26(38)35(31)44-22-24-12-9-11-23(2)15-24)32-33-27(18-36(3,4)20-29(33)40)39(13-10-14-42-7)28-19-37(5,6)21-30(41)34(28)32/h9,11-12,15-17,32H,8,10,13-14,18-22H2,1-7H3. The Morgan fingerprint density at radius 2 is 1.55 bits per heavy atom. The van der Waals surface area contributed by atoms with Crippen LogP contribution in [0, 0.1) is 17.8 Å². The molecule has 0 amide bonds. The largest absolute Gasteiger partial charge is 0.490 e. The Morgan fingerprint density at radius 3 is 2.11 bits per heavy atom. The van der Waals surface area contributed by atoms with Crippen LogP contribution in [0.15, 0.2) is 63.4 Å². The molecule has 0 radical (unpaired) electrons. The van der Waals surface area contributed by atoms with Gasteiger partial charge in [-0.3, -0.25) is 9.59 Å². The molecule has 6 nitrogen and oxygen atoms in total. The van der Waals surface area contributed by atoms with E-state index in [1.807, 2.05) is 31.2 Å². The minimum atomic E-state index is -0.452. The second kappa shape index (κ2) is 12.8. The summed E-state index contributed by atoms with van der Waals surface area (Å²) in [5.41, 5.74) is 6.42. The minimum absolute atomic E-state index is 0.121. The minimum Gasteiger partial charge on any atom is -0.490 e. The molecule has 3 aliphatic rings. The van der Waals surface area contributed by atoms with E-state index in [1.54, 1.807) is 7.11 Å². The predicted molar refractivity (Wildman–Crippen MR) is 177 cm³/mol. The number of halogens is 1. The molecule has 0 fully saturated rings. The van der Waals surface area contributed by atoms with Gasteiger partial charge in [0.2, 0.25) is 0 Å². The van der Waals surface area contributed by atoms with E-state index >= 15 is 0 Å². The molecule has 0 atom stereocenters. The second-order valence-electron chi connectivity index (χ2n) is 14.1. The lowest BCUT2D eigenvalue weighted by atomic mass is 9.63. The molecule has 0 saturated heterocycles. The van der Waals surface area contributed by atoms with Crippen LogP contribution in [-0.4, -0.2) is 43.3 Å². The van der Waals surface area contributed by atoms with Gasteiger partial charge in [-0.05, 0) is 83.1 Å². The third kappa shape index (κ3) is 6.69. The highest BCUT2D eigenvalue weighted by Gasteiger charge is 2.49. The molecule has 1 aliphatic heterocycles. The highest BCUT2D eigenvalue weighted by atomic mass is 79.9. The highest BCUT2D eigenvalue weighted by Crippen LogP contribution is 2.55. The molecule has 44 heavy (non-hydrogen) atoms. The lowest BCUT2D eigenvalue weighted by Crippen LogP contribution is -2.44. The fourth-order valence-corrected chi connectivity index (χ4v) is 7.71. The number of carbonyl (C=O) groups is 2. The van der Waals surface area contributed by atoms with Crippen molar-refractivity contribution in [3.8, 4) is 11.5 Å². The van der Waals surface area contributed by atoms with Crippen LogP contribution in [0.5, 0.6) is 11.5 Å². The van der Waals surface area contributed by atoms with E-state index in [2.05, 4.69) is 67.6 Å². The van der Waals surface area contributed by atoms with Gasteiger partial charge in [-0.15, -0.1) is 0 Å². The first kappa shape index (κ1) is 32.5. The van der Waals surface area contributed by atoms with E-state index in [-0.39, 0.29) is 22.4 Å². The van der Waals surface area contributed by atoms with Crippen LogP contribution in [0.4, 0.5) is 0 Å². The Hall–Kier alpha value is -2.90. The quantitative estimate of drug-likeness (QED) is 0.238. The SMILES string of the molecule is CCOc1cc(C2C3=C(CC(C)(C)CC3=O)N(CCCOC)C3=C2C(=O)CC(C)(C)C3)cc(Br)c1OCc1cccc(C)c1. The summed E-state index contributed by atoms with van der Waals surface area (Å²) in [6.45, 7) is 14.9. The average molecular weight is 665 g/mol. The van der Waals surface area contributed by atoms with Crippen molar-refractivity contribution in [2.24, 2.45) is 10.8 Å². The molecule has 2 aromatic rings. The Balaban J connectivity index is 1.66. The molecule has 1 heterocycles. The molecule has 0 N–H and O–H groups in total. The zero-order chi connectivity index (χ0) is 31.8. The van der Waals surface area contributed by atoms with Gasteiger partial charge in [0.15, 0.2) is 23.1 Å². The van der Waals surface area contributed by atoms with E-state index in [0.29, 0.717) is 50.7 Å². The maximum Gasteiger partial charge on any atom is 0.175 e. The third-order valence-electron chi connectivity index (χ3n) is 8.88. The molecular weight excluding hydrogens is 618 g/mol. The van der Waals surface area contributed by atoms with Crippen molar-refractivity contribution in [2.75, 3.05) is 26.9 Å². The number of methoxy groups -OCH3 is 1. The van der Waals surface area contributed by atoms with Crippen LogP contribution in [0.2, 0.25) is 0 Å². The van der Waals surface area contributed by atoms with Gasteiger partial charge in [0, 0.05) is 61.6 Å². The van der Waals surface area contributed by atoms with Crippen molar-refractivity contribution in [3.63, 3.8) is 0 Å². The van der Waals surface area contributed by atoms with Gasteiger partial charge in [-0.2, -0.15) is 0 Å². The van der Waals surface area contributed by atoms with Crippen LogP contribution in [0.1, 0.15) is 89.3 Å². The Morgan fingerprint density at radius 1 is 0.909 bits per heavy atom. The summed E-state index contributed by atoms with van der Waals surface area (Å²) in [5, 5.41) is 0. The van der Waals surface area contributed by atoms with Crippen molar-refractivity contribution < 1.29 is 23.8 Å². The lowest BCUT2D eigenvalue weighted by molar-refractivity contribution is -0.119. The number of ether oxygens (including phenoxy) is 3. The lowest BCUT2D eigenvalue weighted by Gasteiger charge is -2.49. The smallest absolute Gasteiger partial charge is 0.175 e. The van der Waals surface area contributed by atoms with Crippen molar-refractivity contribution in [1.29, 1.82) is 0 Å². The maximum atomic E-state index is 14.2. The number of aryl methyl sites for hydroxylation is 1. The Labute approximate surface area is 271 Å². The molecule has 5 rings (SSSR count). The van der Waals surface area contributed by atoms with Gasteiger partial charge in [0.25, 0.3) is 0 Å². The molecule has 0 saturated carbocycles. The number of rotatable bonds is 10.